The average molecular weight is 393 g/mol. The van der Waals surface area contributed by atoms with Crippen molar-refractivity contribution in [3.8, 4) is 0 Å². The second kappa shape index (κ2) is 7.18. The van der Waals surface area contributed by atoms with Gasteiger partial charge in [0.05, 0.1) is 15.5 Å². The lowest BCUT2D eigenvalue weighted by atomic mass is 10.2. The average Bonchev–Trinajstić information content (AvgIpc) is 3.14. The molecule has 0 saturated carbocycles. The first-order valence-electron chi connectivity index (χ1n) is 8.05. The van der Waals surface area contributed by atoms with Gasteiger partial charge in [0.1, 0.15) is 4.83 Å². The van der Waals surface area contributed by atoms with Gasteiger partial charge in [-0.3, -0.25) is 9.48 Å². The summed E-state index contributed by atoms with van der Waals surface area (Å²) in [5.41, 5.74) is 1.87. The van der Waals surface area contributed by atoms with Crippen molar-refractivity contribution in [2.24, 2.45) is 7.05 Å². The number of aryl methyl sites for hydroxylation is 3. The zero-order valence-corrected chi connectivity index (χ0v) is 16.4. The van der Waals surface area contributed by atoms with Gasteiger partial charge >= 0.3 is 0 Å². The Morgan fingerprint density at radius 3 is 2.54 bits per heavy atom. The van der Waals surface area contributed by atoms with Crippen LogP contribution in [0.2, 0.25) is 0 Å². The highest BCUT2D eigenvalue weighted by atomic mass is 32.2. The van der Waals surface area contributed by atoms with Crippen molar-refractivity contribution < 1.29 is 13.2 Å². The van der Waals surface area contributed by atoms with Gasteiger partial charge in [-0.2, -0.15) is 5.10 Å². The van der Waals surface area contributed by atoms with E-state index in [1.807, 2.05) is 27.0 Å². The molecule has 3 rings (SSSR count). The number of fused-ring (bicyclic) bond motifs is 1. The minimum atomic E-state index is -3.57. The Balaban J connectivity index is 1.56. The standard InChI is InChI=1S/C17H20N4O3S2/c1-11-4-6-13(7-5-11)26(23,24)19-9-8-18-16(22)15-10-14-12(2)20-21(3)17(14)25-15/h4-7,10,19H,8-9H2,1-3H3,(H,18,22). The number of carbonyl (C=O) groups is 1. The molecule has 0 unspecified atom stereocenters. The Bertz CT molecular complexity index is 1020. The van der Waals surface area contributed by atoms with E-state index >= 15 is 0 Å². The summed E-state index contributed by atoms with van der Waals surface area (Å²) in [7, 11) is -1.73. The molecule has 26 heavy (non-hydrogen) atoms. The largest absolute Gasteiger partial charge is 0.350 e. The van der Waals surface area contributed by atoms with E-state index in [2.05, 4.69) is 15.1 Å². The normalized spacial score (nSPS) is 11.8. The van der Waals surface area contributed by atoms with Crippen molar-refractivity contribution in [3.63, 3.8) is 0 Å². The Kier molecular flexibility index (Phi) is 5.12. The van der Waals surface area contributed by atoms with Crippen LogP contribution in [0, 0.1) is 13.8 Å². The maximum atomic E-state index is 12.3. The first-order valence-corrected chi connectivity index (χ1v) is 10.4. The van der Waals surface area contributed by atoms with Gasteiger partial charge in [-0.15, -0.1) is 11.3 Å². The highest BCUT2D eigenvalue weighted by Gasteiger charge is 2.16. The van der Waals surface area contributed by atoms with Crippen LogP contribution in [0.5, 0.6) is 0 Å². The van der Waals surface area contributed by atoms with E-state index in [0.29, 0.717) is 4.88 Å². The summed E-state index contributed by atoms with van der Waals surface area (Å²) in [6, 6.07) is 8.42. The number of hydrogen-bond donors (Lipinski definition) is 2. The summed E-state index contributed by atoms with van der Waals surface area (Å²) >= 11 is 1.36. The Hall–Kier alpha value is -2.23. The highest BCUT2D eigenvalue weighted by Crippen LogP contribution is 2.27. The van der Waals surface area contributed by atoms with Gasteiger partial charge in [0.2, 0.25) is 10.0 Å². The van der Waals surface area contributed by atoms with E-state index in [-0.39, 0.29) is 23.9 Å². The first-order chi connectivity index (χ1) is 12.3. The van der Waals surface area contributed by atoms with Crippen LogP contribution in [-0.2, 0) is 17.1 Å². The predicted molar refractivity (Wildman–Crippen MR) is 102 cm³/mol. The Morgan fingerprint density at radius 2 is 1.88 bits per heavy atom. The molecule has 0 fully saturated rings. The van der Waals surface area contributed by atoms with Crippen LogP contribution in [0.1, 0.15) is 20.9 Å². The summed E-state index contributed by atoms with van der Waals surface area (Å²) in [5, 5.41) is 8.00. The second-order valence-electron chi connectivity index (χ2n) is 6.01. The van der Waals surface area contributed by atoms with Crippen LogP contribution >= 0.6 is 11.3 Å². The molecular formula is C17H20N4O3S2. The minimum absolute atomic E-state index is 0.118. The van der Waals surface area contributed by atoms with E-state index in [1.165, 1.54) is 11.3 Å². The summed E-state index contributed by atoms with van der Waals surface area (Å²) in [6.07, 6.45) is 0. The van der Waals surface area contributed by atoms with Crippen molar-refractivity contribution in [1.29, 1.82) is 0 Å². The maximum Gasteiger partial charge on any atom is 0.261 e. The van der Waals surface area contributed by atoms with Crippen LogP contribution in [-0.4, -0.2) is 37.2 Å². The summed E-state index contributed by atoms with van der Waals surface area (Å²) in [5.74, 6) is -0.222. The van der Waals surface area contributed by atoms with Crippen LogP contribution < -0.4 is 10.0 Å². The van der Waals surface area contributed by atoms with Crippen LogP contribution in [0.15, 0.2) is 35.2 Å². The third kappa shape index (κ3) is 3.79. The third-order valence-corrected chi connectivity index (χ3v) is 6.63. The van der Waals surface area contributed by atoms with Gasteiger partial charge in [-0.1, -0.05) is 17.7 Å². The lowest BCUT2D eigenvalue weighted by molar-refractivity contribution is 0.0958. The molecule has 0 spiro atoms. The molecule has 2 N–H and O–H groups in total. The van der Waals surface area contributed by atoms with Crippen molar-refractivity contribution in [2.45, 2.75) is 18.7 Å². The SMILES string of the molecule is Cc1ccc(S(=O)(=O)NCCNC(=O)c2cc3c(C)nn(C)c3s2)cc1. The molecule has 1 aromatic carbocycles. The molecule has 0 aliphatic rings. The predicted octanol–water partition coefficient (Wildman–Crippen LogP) is 1.96. The van der Waals surface area contributed by atoms with Crippen molar-refractivity contribution >= 4 is 37.5 Å². The van der Waals surface area contributed by atoms with E-state index in [1.54, 1.807) is 28.9 Å². The van der Waals surface area contributed by atoms with Crippen molar-refractivity contribution in [2.75, 3.05) is 13.1 Å². The summed E-state index contributed by atoms with van der Waals surface area (Å²) in [6.45, 7) is 4.12. The molecule has 0 aliphatic heterocycles. The van der Waals surface area contributed by atoms with Crippen LogP contribution in [0.4, 0.5) is 0 Å². The molecule has 9 heteroatoms. The molecule has 0 bridgehead atoms. The quantitative estimate of drug-likeness (QED) is 0.627. The lowest BCUT2D eigenvalue weighted by Gasteiger charge is -2.08. The highest BCUT2D eigenvalue weighted by molar-refractivity contribution is 7.89. The third-order valence-electron chi connectivity index (χ3n) is 3.95. The van der Waals surface area contributed by atoms with Crippen LogP contribution in [0.3, 0.4) is 0 Å². The number of aromatic nitrogens is 2. The number of nitrogens with one attached hydrogen (secondary N) is 2. The molecular weight excluding hydrogens is 372 g/mol. The van der Waals surface area contributed by atoms with Gasteiger partial charge in [-0.05, 0) is 32.0 Å². The van der Waals surface area contributed by atoms with E-state index < -0.39 is 10.0 Å². The monoisotopic (exact) mass is 392 g/mol. The van der Waals surface area contributed by atoms with E-state index in [9.17, 15) is 13.2 Å². The van der Waals surface area contributed by atoms with E-state index in [4.69, 9.17) is 0 Å². The zero-order chi connectivity index (χ0) is 18.9. The van der Waals surface area contributed by atoms with Gasteiger partial charge in [0.15, 0.2) is 0 Å². The van der Waals surface area contributed by atoms with Gasteiger partial charge in [-0.25, -0.2) is 13.1 Å². The molecule has 2 aromatic heterocycles. The number of nitrogens with zero attached hydrogens (tertiary/aromatic N) is 2. The second-order valence-corrected chi connectivity index (χ2v) is 8.80. The Labute approximate surface area is 156 Å². The first kappa shape index (κ1) is 18.6. The topological polar surface area (TPSA) is 93.1 Å². The number of rotatable bonds is 6. The molecule has 0 atom stereocenters. The fourth-order valence-corrected chi connectivity index (χ4v) is 4.64. The number of benzene rings is 1. The van der Waals surface area contributed by atoms with Gasteiger partial charge in [0.25, 0.3) is 5.91 Å². The van der Waals surface area contributed by atoms with Gasteiger partial charge in [0, 0.05) is 25.5 Å². The molecule has 0 saturated heterocycles. The molecule has 0 radical (unpaired) electrons. The number of amides is 1. The molecule has 0 aliphatic carbocycles. The molecule has 7 nitrogen and oxygen atoms in total. The lowest BCUT2D eigenvalue weighted by Crippen LogP contribution is -2.34. The summed E-state index contributed by atoms with van der Waals surface area (Å²) < 4.78 is 28.6. The van der Waals surface area contributed by atoms with Crippen LogP contribution in [0.25, 0.3) is 10.2 Å². The molecule has 2 heterocycles. The molecule has 1 amide bonds. The summed E-state index contributed by atoms with van der Waals surface area (Å²) in [4.78, 5) is 14.0. The number of hydrogen-bond acceptors (Lipinski definition) is 5. The van der Waals surface area contributed by atoms with E-state index in [0.717, 1.165) is 21.5 Å². The van der Waals surface area contributed by atoms with Gasteiger partial charge < -0.3 is 5.32 Å². The molecule has 3 aromatic rings. The number of thiophene rings is 1. The zero-order valence-electron chi connectivity index (χ0n) is 14.7. The smallest absolute Gasteiger partial charge is 0.261 e. The molecule has 138 valence electrons. The Morgan fingerprint density at radius 1 is 1.19 bits per heavy atom. The fraction of sp³-hybridized carbons (Fsp3) is 0.294. The number of carbonyl (C=O) groups excluding carboxylic acids is 1. The maximum absolute atomic E-state index is 12.3. The minimum Gasteiger partial charge on any atom is -0.350 e. The fourth-order valence-electron chi connectivity index (χ4n) is 2.57. The van der Waals surface area contributed by atoms with Crippen molar-refractivity contribution in [1.82, 2.24) is 19.8 Å². The number of sulfonamides is 1. The van der Waals surface area contributed by atoms with Crippen molar-refractivity contribution in [3.05, 3.63) is 46.5 Å².